The number of amides is 1. The molecular formula is C15H13N5O2S2. The lowest BCUT2D eigenvalue weighted by Gasteiger charge is -2.00. The largest absolute Gasteiger partial charge is 0.319 e. The molecule has 1 saturated carbocycles. The van der Waals surface area contributed by atoms with Crippen LogP contribution in [0.3, 0.4) is 0 Å². The lowest BCUT2D eigenvalue weighted by molar-refractivity contribution is -0.117. The Morgan fingerprint density at radius 3 is 3.00 bits per heavy atom. The molecule has 0 saturated heterocycles. The second kappa shape index (κ2) is 6.33. The fraction of sp³-hybridized carbons (Fsp3) is 0.267. The molecule has 0 radical (unpaired) electrons. The molecule has 0 spiro atoms. The average molecular weight is 359 g/mol. The molecule has 0 unspecified atom stereocenters. The van der Waals surface area contributed by atoms with E-state index in [9.17, 15) is 9.59 Å². The maximum atomic E-state index is 12.1. The van der Waals surface area contributed by atoms with E-state index in [-0.39, 0.29) is 17.4 Å². The van der Waals surface area contributed by atoms with Gasteiger partial charge in [-0.2, -0.15) is 0 Å². The third kappa shape index (κ3) is 3.31. The van der Waals surface area contributed by atoms with E-state index >= 15 is 0 Å². The van der Waals surface area contributed by atoms with Gasteiger partial charge in [-0.25, -0.2) is 4.98 Å². The molecule has 7 nitrogen and oxygen atoms in total. The van der Waals surface area contributed by atoms with Crippen molar-refractivity contribution < 1.29 is 4.79 Å². The molecule has 0 atom stereocenters. The molecule has 3 aromatic rings. The van der Waals surface area contributed by atoms with Gasteiger partial charge in [0, 0.05) is 11.7 Å². The lowest BCUT2D eigenvalue weighted by atomic mass is 10.3. The maximum Gasteiger partial charge on any atom is 0.271 e. The Balaban J connectivity index is 1.45. The van der Waals surface area contributed by atoms with Crippen molar-refractivity contribution in [3.8, 4) is 0 Å². The van der Waals surface area contributed by atoms with E-state index in [4.69, 9.17) is 0 Å². The highest BCUT2D eigenvalue weighted by atomic mass is 32.2. The van der Waals surface area contributed by atoms with E-state index in [1.165, 1.54) is 23.1 Å². The number of nitrogens with zero attached hydrogens (tertiary/aromatic N) is 3. The molecular weight excluding hydrogens is 346 g/mol. The molecule has 1 aromatic carbocycles. The average Bonchev–Trinajstić information content (AvgIpc) is 3.34. The quantitative estimate of drug-likeness (QED) is 0.536. The molecule has 1 aliphatic rings. The van der Waals surface area contributed by atoms with E-state index in [2.05, 4.69) is 25.5 Å². The number of H-pyrrole nitrogens is 1. The zero-order chi connectivity index (χ0) is 16.5. The highest BCUT2D eigenvalue weighted by molar-refractivity contribution is 8.00. The van der Waals surface area contributed by atoms with Crippen molar-refractivity contribution in [1.82, 2.24) is 20.2 Å². The van der Waals surface area contributed by atoms with Gasteiger partial charge in [-0.3, -0.25) is 9.59 Å². The highest BCUT2D eigenvalue weighted by Crippen LogP contribution is 2.32. The van der Waals surface area contributed by atoms with E-state index in [1.54, 1.807) is 0 Å². The number of hydrogen-bond acceptors (Lipinski definition) is 7. The number of benzene rings is 1. The number of nitrogens with one attached hydrogen (secondary N) is 2. The third-order valence-electron chi connectivity index (χ3n) is 3.59. The topological polar surface area (TPSA) is 101 Å². The van der Waals surface area contributed by atoms with Crippen LogP contribution >= 0.6 is 23.1 Å². The van der Waals surface area contributed by atoms with Gasteiger partial charge in [0.15, 0.2) is 4.34 Å². The third-order valence-corrected chi connectivity index (χ3v) is 5.57. The molecule has 4 rings (SSSR count). The van der Waals surface area contributed by atoms with Gasteiger partial charge in [0.25, 0.3) is 5.56 Å². The van der Waals surface area contributed by atoms with E-state index in [1.807, 2.05) is 24.3 Å². The Labute approximate surface area is 144 Å². The molecule has 2 aromatic heterocycles. The van der Waals surface area contributed by atoms with Gasteiger partial charge >= 0.3 is 0 Å². The Hall–Kier alpha value is -2.26. The molecule has 2 N–H and O–H groups in total. The summed E-state index contributed by atoms with van der Waals surface area (Å²) in [7, 11) is 0. The van der Waals surface area contributed by atoms with E-state index < -0.39 is 0 Å². The van der Waals surface area contributed by atoms with Crippen molar-refractivity contribution in [2.24, 2.45) is 5.92 Å². The first-order valence-electron chi connectivity index (χ1n) is 7.44. The molecule has 2 heterocycles. The predicted octanol–water partition coefficient (Wildman–Crippen LogP) is 2.42. The smallest absolute Gasteiger partial charge is 0.271 e. The Kier molecular flexibility index (Phi) is 4.03. The molecule has 0 aliphatic heterocycles. The number of aromatic nitrogens is 4. The summed E-state index contributed by atoms with van der Waals surface area (Å²) in [6.07, 6.45) is 1.89. The number of carbonyl (C=O) groups is 1. The first-order valence-corrected chi connectivity index (χ1v) is 9.24. The minimum atomic E-state index is -0.201. The van der Waals surface area contributed by atoms with Crippen LogP contribution in [0.25, 0.3) is 11.0 Å². The number of rotatable bonds is 5. The Morgan fingerprint density at radius 1 is 1.33 bits per heavy atom. The van der Waals surface area contributed by atoms with Crippen LogP contribution in [0.5, 0.6) is 0 Å². The summed E-state index contributed by atoms with van der Waals surface area (Å²) in [5, 5.41) is 11.3. The minimum absolute atomic E-state index is 0.00957. The van der Waals surface area contributed by atoms with Crippen LogP contribution in [0.1, 0.15) is 18.5 Å². The molecule has 1 fully saturated rings. The fourth-order valence-corrected chi connectivity index (χ4v) is 3.85. The van der Waals surface area contributed by atoms with Crippen LogP contribution in [0, 0.1) is 5.92 Å². The predicted molar refractivity (Wildman–Crippen MR) is 93.2 cm³/mol. The number of para-hydroxylation sites is 2. The van der Waals surface area contributed by atoms with Crippen molar-refractivity contribution in [3.63, 3.8) is 0 Å². The SMILES string of the molecule is O=C(Nc1nnc(SCc2nc3ccccc3[nH]c2=O)s1)C1CC1. The second-order valence-electron chi connectivity index (χ2n) is 5.46. The zero-order valence-electron chi connectivity index (χ0n) is 12.5. The normalized spacial score (nSPS) is 14.0. The van der Waals surface area contributed by atoms with Gasteiger partial charge in [-0.15, -0.1) is 10.2 Å². The number of carbonyl (C=O) groups excluding carboxylic acids is 1. The standard InChI is InChI=1S/C15H13N5O2S2/c21-12(8-5-6-8)18-14-19-20-15(24-14)23-7-11-13(22)17-10-4-2-1-3-9(10)16-11/h1-4,8H,5-7H2,(H,17,22)(H,18,19,21). The summed E-state index contributed by atoms with van der Waals surface area (Å²) in [5.74, 6) is 0.534. The molecule has 122 valence electrons. The van der Waals surface area contributed by atoms with Crippen molar-refractivity contribution in [2.75, 3.05) is 5.32 Å². The van der Waals surface area contributed by atoms with Crippen molar-refractivity contribution >= 4 is 45.2 Å². The summed E-state index contributed by atoms with van der Waals surface area (Å²) in [6.45, 7) is 0. The lowest BCUT2D eigenvalue weighted by Crippen LogP contribution is -2.14. The van der Waals surface area contributed by atoms with E-state index in [0.717, 1.165) is 23.9 Å². The first-order chi connectivity index (χ1) is 11.7. The minimum Gasteiger partial charge on any atom is -0.319 e. The van der Waals surface area contributed by atoms with Crippen molar-refractivity contribution in [2.45, 2.75) is 22.9 Å². The molecule has 1 aliphatic carbocycles. The number of thioether (sulfide) groups is 1. The highest BCUT2D eigenvalue weighted by Gasteiger charge is 2.30. The zero-order valence-corrected chi connectivity index (χ0v) is 14.1. The van der Waals surface area contributed by atoms with Gasteiger partial charge in [0.05, 0.1) is 11.0 Å². The number of hydrogen-bond donors (Lipinski definition) is 2. The molecule has 24 heavy (non-hydrogen) atoms. The Morgan fingerprint density at radius 2 is 2.17 bits per heavy atom. The van der Waals surface area contributed by atoms with Gasteiger partial charge in [0.2, 0.25) is 11.0 Å². The number of aromatic amines is 1. The van der Waals surface area contributed by atoms with Crippen molar-refractivity contribution in [3.05, 3.63) is 40.3 Å². The first kappa shape index (κ1) is 15.3. The van der Waals surface area contributed by atoms with Gasteiger partial charge in [0.1, 0.15) is 5.69 Å². The van der Waals surface area contributed by atoms with Crippen LogP contribution < -0.4 is 10.9 Å². The van der Waals surface area contributed by atoms with E-state index in [0.29, 0.717) is 20.9 Å². The number of fused-ring (bicyclic) bond motifs is 1. The summed E-state index contributed by atoms with van der Waals surface area (Å²) in [5.41, 5.74) is 1.71. The van der Waals surface area contributed by atoms with Crippen LogP contribution in [0.15, 0.2) is 33.4 Å². The molecule has 1 amide bonds. The summed E-state index contributed by atoms with van der Waals surface area (Å²) in [4.78, 5) is 31.0. The monoisotopic (exact) mass is 359 g/mol. The van der Waals surface area contributed by atoms with Crippen molar-refractivity contribution in [1.29, 1.82) is 0 Å². The Bertz CT molecular complexity index is 964. The van der Waals surface area contributed by atoms with Gasteiger partial charge in [-0.1, -0.05) is 35.2 Å². The van der Waals surface area contributed by atoms with Crippen LogP contribution in [0.2, 0.25) is 0 Å². The maximum absolute atomic E-state index is 12.1. The van der Waals surface area contributed by atoms with Crippen LogP contribution in [0.4, 0.5) is 5.13 Å². The van der Waals surface area contributed by atoms with Crippen LogP contribution in [-0.4, -0.2) is 26.1 Å². The second-order valence-corrected chi connectivity index (χ2v) is 7.66. The van der Waals surface area contributed by atoms with Crippen LogP contribution in [-0.2, 0) is 10.5 Å². The number of anilines is 1. The molecule has 9 heteroatoms. The van der Waals surface area contributed by atoms with Gasteiger partial charge < -0.3 is 10.3 Å². The fourth-order valence-electron chi connectivity index (χ4n) is 2.17. The summed E-state index contributed by atoms with van der Waals surface area (Å²) < 4.78 is 0.690. The summed E-state index contributed by atoms with van der Waals surface area (Å²) in [6, 6.07) is 7.41. The molecule has 0 bridgehead atoms. The summed E-state index contributed by atoms with van der Waals surface area (Å²) >= 11 is 2.68. The van der Waals surface area contributed by atoms with Gasteiger partial charge in [-0.05, 0) is 25.0 Å².